The number of ether oxygens (including phenoxy) is 2. The van der Waals surface area contributed by atoms with Gasteiger partial charge in [-0.2, -0.15) is 0 Å². The van der Waals surface area contributed by atoms with Crippen molar-refractivity contribution in [3.63, 3.8) is 0 Å². The molecule has 1 saturated heterocycles. The third-order valence-corrected chi connectivity index (χ3v) is 7.04. The molecule has 1 aliphatic rings. The number of hydrogen-bond acceptors (Lipinski definition) is 6. The van der Waals surface area contributed by atoms with Crippen LogP contribution in [0.2, 0.25) is 25.7 Å². The third-order valence-electron chi connectivity index (χ3n) is 5.34. The zero-order chi connectivity index (χ0) is 24.9. The molecule has 2 aromatic rings. The van der Waals surface area contributed by atoms with Crippen molar-refractivity contribution in [2.24, 2.45) is 0 Å². The summed E-state index contributed by atoms with van der Waals surface area (Å²) in [5, 5.41) is 5.67. The Kier molecular flexibility index (Phi) is 8.19. The maximum absolute atomic E-state index is 12.5. The van der Waals surface area contributed by atoms with Crippen LogP contribution in [0.25, 0.3) is 11.2 Å². The minimum absolute atomic E-state index is 0.160. The standard InChI is InChI=1S/C23H38N6O4Si/c1-23(2,3)33-22(31)28-10-7-8-17(15-28)25-21(30)27-19-14-24-20-18(26-19)9-11-29(20)16-32-12-13-34(4,5)6/h9,11,14,17H,7-8,10,12-13,15-16H2,1-6H3,(H2,25,26,27,30)/t17-/m1/s1. The van der Waals surface area contributed by atoms with E-state index in [9.17, 15) is 9.59 Å². The van der Waals surface area contributed by atoms with Gasteiger partial charge in [0, 0.05) is 40.0 Å². The molecule has 1 atom stereocenters. The highest BCUT2D eigenvalue weighted by molar-refractivity contribution is 6.76. The summed E-state index contributed by atoms with van der Waals surface area (Å²) in [7, 11) is -1.13. The van der Waals surface area contributed by atoms with Crippen LogP contribution in [0.5, 0.6) is 0 Å². The van der Waals surface area contributed by atoms with E-state index < -0.39 is 13.7 Å². The molecule has 0 aliphatic carbocycles. The molecule has 0 bridgehead atoms. The summed E-state index contributed by atoms with van der Waals surface area (Å²) in [5.74, 6) is 0.363. The highest BCUT2D eigenvalue weighted by atomic mass is 28.3. The Morgan fingerprint density at radius 3 is 2.74 bits per heavy atom. The molecule has 188 valence electrons. The minimum Gasteiger partial charge on any atom is -0.444 e. The molecule has 1 aliphatic heterocycles. The molecule has 2 aromatic heterocycles. The number of nitrogens with one attached hydrogen (secondary N) is 2. The summed E-state index contributed by atoms with van der Waals surface area (Å²) >= 11 is 0. The average Bonchev–Trinajstić information content (AvgIpc) is 3.11. The van der Waals surface area contributed by atoms with Crippen LogP contribution in [0, 0.1) is 0 Å². The fourth-order valence-corrected chi connectivity index (χ4v) is 4.35. The molecule has 34 heavy (non-hydrogen) atoms. The number of piperidine rings is 1. The normalized spacial score (nSPS) is 17.0. The van der Waals surface area contributed by atoms with Crippen LogP contribution in [-0.4, -0.2) is 71.0 Å². The van der Waals surface area contributed by atoms with Gasteiger partial charge in [0.05, 0.1) is 6.20 Å². The van der Waals surface area contributed by atoms with Gasteiger partial charge in [-0.05, 0) is 45.7 Å². The van der Waals surface area contributed by atoms with Crippen LogP contribution in [0.15, 0.2) is 18.5 Å². The largest absolute Gasteiger partial charge is 0.444 e. The summed E-state index contributed by atoms with van der Waals surface area (Å²) in [4.78, 5) is 35.5. The number of urea groups is 1. The summed E-state index contributed by atoms with van der Waals surface area (Å²) in [5.41, 5.74) is 0.838. The smallest absolute Gasteiger partial charge is 0.410 e. The van der Waals surface area contributed by atoms with Gasteiger partial charge >= 0.3 is 12.1 Å². The van der Waals surface area contributed by atoms with Crippen LogP contribution < -0.4 is 10.6 Å². The second-order valence-corrected chi connectivity index (χ2v) is 16.6. The predicted octanol–water partition coefficient (Wildman–Crippen LogP) is 4.26. The Hall–Kier alpha value is -2.66. The topological polar surface area (TPSA) is 111 Å². The molecule has 1 fully saturated rings. The van der Waals surface area contributed by atoms with E-state index in [0.717, 1.165) is 25.5 Å². The van der Waals surface area contributed by atoms with E-state index in [1.165, 1.54) is 6.20 Å². The SMILES string of the molecule is CC(C)(C)OC(=O)N1CCC[C@@H](NC(=O)Nc2cnc3c(ccn3COCC[Si](C)(C)C)n2)C1. The van der Waals surface area contributed by atoms with Gasteiger partial charge in [-0.1, -0.05) is 19.6 Å². The number of rotatable bonds is 7. The van der Waals surface area contributed by atoms with Crippen molar-refractivity contribution in [1.29, 1.82) is 0 Å². The molecule has 0 unspecified atom stereocenters. The lowest BCUT2D eigenvalue weighted by atomic mass is 10.1. The van der Waals surface area contributed by atoms with Crippen molar-refractivity contribution in [2.75, 3.05) is 25.0 Å². The van der Waals surface area contributed by atoms with Gasteiger partial charge in [0.2, 0.25) is 0 Å². The molecule has 0 aromatic carbocycles. The maximum Gasteiger partial charge on any atom is 0.410 e. The van der Waals surface area contributed by atoms with Gasteiger partial charge in [0.1, 0.15) is 17.8 Å². The summed E-state index contributed by atoms with van der Waals surface area (Å²) < 4.78 is 13.2. The molecule has 10 nitrogen and oxygen atoms in total. The quantitative estimate of drug-likeness (QED) is 0.443. The molecule has 2 N–H and O–H groups in total. The lowest BCUT2D eigenvalue weighted by Gasteiger charge is -2.34. The second kappa shape index (κ2) is 10.7. The Morgan fingerprint density at radius 2 is 2.03 bits per heavy atom. The molecule has 0 saturated carbocycles. The summed E-state index contributed by atoms with van der Waals surface area (Å²) in [6.07, 6.45) is 4.65. The number of likely N-dealkylation sites (tertiary alicyclic amines) is 1. The van der Waals surface area contributed by atoms with Crippen LogP contribution in [0.1, 0.15) is 33.6 Å². The van der Waals surface area contributed by atoms with Crippen LogP contribution in [0.4, 0.5) is 15.4 Å². The Labute approximate surface area is 202 Å². The Morgan fingerprint density at radius 1 is 1.26 bits per heavy atom. The van der Waals surface area contributed by atoms with Gasteiger partial charge < -0.3 is 24.3 Å². The van der Waals surface area contributed by atoms with Crippen molar-refractivity contribution in [3.8, 4) is 0 Å². The van der Waals surface area contributed by atoms with E-state index in [1.807, 2.05) is 37.6 Å². The van der Waals surface area contributed by atoms with Gasteiger partial charge in [0.15, 0.2) is 11.5 Å². The number of carbonyl (C=O) groups excluding carboxylic acids is 2. The van der Waals surface area contributed by atoms with E-state index in [1.54, 1.807) is 4.90 Å². The maximum atomic E-state index is 12.5. The van der Waals surface area contributed by atoms with E-state index in [0.29, 0.717) is 36.8 Å². The molecule has 11 heteroatoms. The van der Waals surface area contributed by atoms with Gasteiger partial charge in [-0.15, -0.1) is 0 Å². The molecule has 0 spiro atoms. The van der Waals surface area contributed by atoms with Gasteiger partial charge in [-0.3, -0.25) is 5.32 Å². The zero-order valence-corrected chi connectivity index (χ0v) is 22.2. The monoisotopic (exact) mass is 490 g/mol. The second-order valence-electron chi connectivity index (χ2n) is 11.0. The van der Waals surface area contributed by atoms with E-state index in [4.69, 9.17) is 9.47 Å². The Balaban J connectivity index is 1.51. The summed E-state index contributed by atoms with van der Waals surface area (Å²) in [6.45, 7) is 14.7. The molecule has 3 heterocycles. The van der Waals surface area contributed by atoms with Crippen LogP contribution in [0.3, 0.4) is 0 Å². The third kappa shape index (κ3) is 7.98. The predicted molar refractivity (Wildman–Crippen MR) is 135 cm³/mol. The molecule has 0 radical (unpaired) electrons. The number of nitrogens with zero attached hydrogens (tertiary/aromatic N) is 4. The van der Waals surface area contributed by atoms with Crippen molar-refractivity contribution in [3.05, 3.63) is 18.5 Å². The number of amides is 3. The lowest BCUT2D eigenvalue weighted by Crippen LogP contribution is -2.51. The van der Waals surface area contributed by atoms with E-state index in [2.05, 4.69) is 40.2 Å². The Bertz CT molecular complexity index is 997. The lowest BCUT2D eigenvalue weighted by molar-refractivity contribution is 0.0191. The molecule has 3 amide bonds. The number of fused-ring (bicyclic) bond motifs is 1. The first kappa shape index (κ1) is 26.0. The number of aromatic nitrogens is 3. The average molecular weight is 491 g/mol. The molecule has 3 rings (SSSR count). The minimum atomic E-state index is -1.13. The number of carbonyl (C=O) groups is 2. The number of anilines is 1. The molecular formula is C23H38N6O4Si. The van der Waals surface area contributed by atoms with Gasteiger partial charge in [-0.25, -0.2) is 19.6 Å². The van der Waals surface area contributed by atoms with Crippen LogP contribution in [-0.2, 0) is 16.2 Å². The van der Waals surface area contributed by atoms with Crippen LogP contribution >= 0.6 is 0 Å². The fraction of sp³-hybridized carbons (Fsp3) is 0.652. The number of hydrogen-bond donors (Lipinski definition) is 2. The van der Waals surface area contributed by atoms with E-state index >= 15 is 0 Å². The van der Waals surface area contributed by atoms with Crippen molar-refractivity contribution in [1.82, 2.24) is 24.8 Å². The molecular weight excluding hydrogens is 452 g/mol. The highest BCUT2D eigenvalue weighted by Crippen LogP contribution is 2.17. The first-order valence-electron chi connectivity index (χ1n) is 11.8. The highest BCUT2D eigenvalue weighted by Gasteiger charge is 2.28. The zero-order valence-electron chi connectivity index (χ0n) is 21.2. The van der Waals surface area contributed by atoms with E-state index in [-0.39, 0.29) is 18.2 Å². The van der Waals surface area contributed by atoms with Crippen molar-refractivity contribution < 1.29 is 19.1 Å². The summed E-state index contributed by atoms with van der Waals surface area (Å²) in [6, 6.07) is 2.43. The van der Waals surface area contributed by atoms with Crippen molar-refractivity contribution >= 4 is 37.2 Å². The first-order valence-corrected chi connectivity index (χ1v) is 15.6. The van der Waals surface area contributed by atoms with Crippen molar-refractivity contribution in [2.45, 2.75) is 77.7 Å². The van der Waals surface area contributed by atoms with Gasteiger partial charge in [0.25, 0.3) is 0 Å². The first-order chi connectivity index (χ1) is 15.9. The fourth-order valence-electron chi connectivity index (χ4n) is 3.59.